The second-order valence-corrected chi connectivity index (χ2v) is 7.87. The third-order valence-electron chi connectivity index (χ3n) is 3.59. The summed E-state index contributed by atoms with van der Waals surface area (Å²) in [4.78, 5) is 13.0. The molecule has 26 heavy (non-hydrogen) atoms. The number of rotatable bonds is 6. The van der Waals surface area contributed by atoms with Crippen LogP contribution in [0.3, 0.4) is 0 Å². The molecular formula is C18H18N4O2S2. The van der Waals surface area contributed by atoms with Gasteiger partial charge in [-0.3, -0.25) is 4.79 Å². The van der Waals surface area contributed by atoms with Gasteiger partial charge in [0, 0.05) is 0 Å². The number of amides is 1. The smallest absolute Gasteiger partial charge is 0.242 e. The number of carbonyl (C=O) groups is 1. The van der Waals surface area contributed by atoms with Gasteiger partial charge in [0.15, 0.2) is 4.34 Å². The second-order valence-electron chi connectivity index (χ2n) is 5.51. The average Bonchev–Trinajstić information content (AvgIpc) is 3.05. The number of methoxy groups -OCH3 is 1. The summed E-state index contributed by atoms with van der Waals surface area (Å²) in [7, 11) is 1.58. The van der Waals surface area contributed by atoms with Crippen molar-refractivity contribution in [1.82, 2.24) is 10.2 Å². The number of carbonyl (C=O) groups excluding carboxylic acids is 1. The van der Waals surface area contributed by atoms with Crippen molar-refractivity contribution in [3.8, 4) is 5.75 Å². The molecule has 134 valence electrons. The average molecular weight is 387 g/mol. The Morgan fingerprint density at radius 2 is 2.00 bits per heavy atom. The fourth-order valence-electron chi connectivity index (χ4n) is 2.39. The van der Waals surface area contributed by atoms with E-state index in [4.69, 9.17) is 10.5 Å². The monoisotopic (exact) mass is 386 g/mol. The standard InChI is InChI=1S/C18H18N4O2S2/c1-11-8-9-14(24-2)13(10-11)20-16(23)15(12-6-4-3-5-7-12)25-18-22-21-17(19)26-18/h3-10,15H,1-2H3,(H2,19,21)(H,20,23)/t15-/m0/s1. The SMILES string of the molecule is COc1ccc(C)cc1NC(=O)[C@@H](Sc1nnc(N)s1)c1ccccc1. The van der Waals surface area contributed by atoms with E-state index in [1.807, 2.05) is 55.5 Å². The van der Waals surface area contributed by atoms with E-state index in [2.05, 4.69) is 15.5 Å². The van der Waals surface area contributed by atoms with Crippen molar-refractivity contribution in [2.45, 2.75) is 16.5 Å². The van der Waals surface area contributed by atoms with Crippen LogP contribution in [-0.4, -0.2) is 23.2 Å². The first kappa shape index (κ1) is 18.2. The van der Waals surface area contributed by atoms with E-state index in [-0.39, 0.29) is 5.91 Å². The Morgan fingerprint density at radius 3 is 2.65 bits per heavy atom. The predicted molar refractivity (Wildman–Crippen MR) is 106 cm³/mol. The highest BCUT2D eigenvalue weighted by Crippen LogP contribution is 2.38. The Labute approximate surface area is 159 Å². The summed E-state index contributed by atoms with van der Waals surface area (Å²) in [5.74, 6) is 0.444. The van der Waals surface area contributed by atoms with E-state index < -0.39 is 5.25 Å². The minimum atomic E-state index is -0.492. The van der Waals surface area contributed by atoms with Crippen molar-refractivity contribution in [3.05, 3.63) is 59.7 Å². The van der Waals surface area contributed by atoms with Crippen molar-refractivity contribution in [1.29, 1.82) is 0 Å². The van der Waals surface area contributed by atoms with Crippen molar-refractivity contribution >= 4 is 39.8 Å². The van der Waals surface area contributed by atoms with E-state index >= 15 is 0 Å². The van der Waals surface area contributed by atoms with Crippen LogP contribution in [0, 0.1) is 6.92 Å². The van der Waals surface area contributed by atoms with Gasteiger partial charge in [-0.15, -0.1) is 10.2 Å². The molecule has 6 nitrogen and oxygen atoms in total. The number of ether oxygens (including phenoxy) is 1. The predicted octanol–water partition coefficient (Wildman–Crippen LogP) is 3.91. The number of anilines is 2. The van der Waals surface area contributed by atoms with Gasteiger partial charge in [0.05, 0.1) is 12.8 Å². The first-order valence-electron chi connectivity index (χ1n) is 7.83. The van der Waals surface area contributed by atoms with Crippen molar-refractivity contribution in [3.63, 3.8) is 0 Å². The summed E-state index contributed by atoms with van der Waals surface area (Å²) in [5, 5.41) is 10.7. The second kappa shape index (κ2) is 8.20. The number of nitrogens with two attached hydrogens (primary N) is 1. The van der Waals surface area contributed by atoms with Gasteiger partial charge in [0.25, 0.3) is 0 Å². The first-order valence-corrected chi connectivity index (χ1v) is 9.52. The third kappa shape index (κ3) is 4.33. The quantitative estimate of drug-likeness (QED) is 0.624. The van der Waals surface area contributed by atoms with Gasteiger partial charge in [-0.2, -0.15) is 0 Å². The summed E-state index contributed by atoms with van der Waals surface area (Å²) in [6, 6.07) is 15.2. The van der Waals surface area contributed by atoms with Crippen molar-refractivity contribution in [2.75, 3.05) is 18.2 Å². The van der Waals surface area contributed by atoms with Crippen molar-refractivity contribution < 1.29 is 9.53 Å². The molecule has 0 spiro atoms. The zero-order valence-corrected chi connectivity index (χ0v) is 15.9. The molecule has 0 saturated heterocycles. The van der Waals surface area contributed by atoms with Gasteiger partial charge < -0.3 is 15.8 Å². The van der Waals surface area contributed by atoms with Crippen LogP contribution in [0.5, 0.6) is 5.75 Å². The van der Waals surface area contributed by atoms with Crippen LogP contribution in [0.25, 0.3) is 0 Å². The molecule has 0 aliphatic carbocycles. The van der Waals surface area contributed by atoms with Gasteiger partial charge in [0.1, 0.15) is 11.0 Å². The maximum atomic E-state index is 13.0. The van der Waals surface area contributed by atoms with Gasteiger partial charge in [-0.1, -0.05) is 59.5 Å². The normalized spacial score (nSPS) is 11.8. The largest absolute Gasteiger partial charge is 0.495 e. The zero-order chi connectivity index (χ0) is 18.5. The Bertz CT molecular complexity index is 899. The van der Waals surface area contributed by atoms with Crippen LogP contribution in [0.2, 0.25) is 0 Å². The maximum absolute atomic E-state index is 13.0. The number of nitrogens with one attached hydrogen (secondary N) is 1. The third-order valence-corrected chi connectivity index (χ3v) is 5.69. The fourth-order valence-corrected chi connectivity index (χ4v) is 4.22. The topological polar surface area (TPSA) is 90.1 Å². The lowest BCUT2D eigenvalue weighted by Crippen LogP contribution is -2.19. The molecule has 0 radical (unpaired) electrons. The molecule has 0 unspecified atom stereocenters. The molecular weight excluding hydrogens is 368 g/mol. The molecule has 2 aromatic carbocycles. The van der Waals surface area contributed by atoms with Crippen molar-refractivity contribution in [2.24, 2.45) is 0 Å². The van der Waals surface area contributed by atoms with Gasteiger partial charge >= 0.3 is 0 Å². The molecule has 0 bridgehead atoms. The molecule has 3 aromatic rings. The molecule has 0 aliphatic heterocycles. The molecule has 0 aliphatic rings. The minimum absolute atomic E-state index is 0.168. The Morgan fingerprint density at radius 1 is 1.23 bits per heavy atom. The highest BCUT2D eigenvalue weighted by atomic mass is 32.2. The van der Waals surface area contributed by atoms with Gasteiger partial charge in [-0.05, 0) is 30.2 Å². The first-order chi connectivity index (χ1) is 12.6. The molecule has 0 fully saturated rings. The van der Waals surface area contributed by atoms with Crippen LogP contribution >= 0.6 is 23.1 Å². The molecule has 1 atom stereocenters. The van der Waals surface area contributed by atoms with Crippen LogP contribution in [0.4, 0.5) is 10.8 Å². The lowest BCUT2D eigenvalue weighted by atomic mass is 10.1. The molecule has 1 aromatic heterocycles. The highest BCUT2D eigenvalue weighted by molar-refractivity contribution is 8.02. The molecule has 1 heterocycles. The number of aryl methyl sites for hydroxylation is 1. The lowest BCUT2D eigenvalue weighted by Gasteiger charge is -2.17. The minimum Gasteiger partial charge on any atom is -0.495 e. The van der Waals surface area contributed by atoms with E-state index in [1.54, 1.807) is 7.11 Å². The number of aromatic nitrogens is 2. The summed E-state index contributed by atoms with van der Waals surface area (Å²) < 4.78 is 5.99. The summed E-state index contributed by atoms with van der Waals surface area (Å²) >= 11 is 2.58. The zero-order valence-electron chi connectivity index (χ0n) is 14.3. The number of benzene rings is 2. The van der Waals surface area contributed by atoms with Gasteiger partial charge in [-0.25, -0.2) is 0 Å². The number of nitrogens with zero attached hydrogens (tertiary/aromatic N) is 2. The number of hydrogen-bond donors (Lipinski definition) is 2. The molecule has 3 rings (SSSR count). The lowest BCUT2D eigenvalue weighted by molar-refractivity contribution is -0.115. The molecule has 0 saturated carbocycles. The summed E-state index contributed by atoms with van der Waals surface area (Å²) in [6.07, 6.45) is 0. The van der Waals surface area contributed by atoms with E-state index in [0.717, 1.165) is 11.1 Å². The Balaban J connectivity index is 1.89. The highest BCUT2D eigenvalue weighted by Gasteiger charge is 2.24. The van der Waals surface area contributed by atoms with Crippen LogP contribution < -0.4 is 15.8 Å². The fraction of sp³-hybridized carbons (Fsp3) is 0.167. The Kier molecular flexibility index (Phi) is 5.75. The maximum Gasteiger partial charge on any atom is 0.242 e. The van der Waals surface area contributed by atoms with Gasteiger partial charge in [0.2, 0.25) is 11.0 Å². The van der Waals surface area contributed by atoms with E-state index in [1.165, 1.54) is 23.1 Å². The van der Waals surface area contributed by atoms with Crippen LogP contribution in [0.1, 0.15) is 16.4 Å². The van der Waals surface area contributed by atoms with Crippen LogP contribution in [0.15, 0.2) is 52.9 Å². The molecule has 3 N–H and O–H groups in total. The summed E-state index contributed by atoms with van der Waals surface area (Å²) in [5.41, 5.74) is 8.20. The Hall–Kier alpha value is -2.58. The van der Waals surface area contributed by atoms with Crippen LogP contribution in [-0.2, 0) is 4.79 Å². The number of nitrogen functional groups attached to an aromatic ring is 1. The van der Waals surface area contributed by atoms with E-state index in [0.29, 0.717) is 20.9 Å². The number of hydrogen-bond acceptors (Lipinski definition) is 7. The summed E-state index contributed by atoms with van der Waals surface area (Å²) in [6.45, 7) is 1.96. The molecule has 8 heteroatoms. The van der Waals surface area contributed by atoms with E-state index in [9.17, 15) is 4.79 Å². The number of thioether (sulfide) groups is 1. The molecule has 1 amide bonds.